The molecular weight excluding hydrogens is 264 g/mol. The Balaban J connectivity index is 1.85. The highest BCUT2D eigenvalue weighted by Crippen LogP contribution is 2.51. The third-order valence-electron chi connectivity index (χ3n) is 4.40. The van der Waals surface area contributed by atoms with Crippen molar-refractivity contribution in [2.45, 2.75) is 20.3 Å². The molecule has 1 atom stereocenters. The van der Waals surface area contributed by atoms with E-state index in [1.165, 1.54) is 6.42 Å². The maximum atomic E-state index is 12.4. The van der Waals surface area contributed by atoms with Gasteiger partial charge in [0.15, 0.2) is 0 Å². The van der Waals surface area contributed by atoms with Gasteiger partial charge in [0.05, 0.1) is 5.56 Å². The van der Waals surface area contributed by atoms with E-state index in [1.54, 1.807) is 6.20 Å². The number of nitrogens with zero attached hydrogens (tertiary/aromatic N) is 1. The van der Waals surface area contributed by atoms with Crippen LogP contribution < -0.4 is 16.6 Å². The van der Waals surface area contributed by atoms with Crippen molar-refractivity contribution >= 4 is 22.5 Å². The van der Waals surface area contributed by atoms with Gasteiger partial charge >= 0.3 is 0 Å². The average molecular weight is 284 g/mol. The van der Waals surface area contributed by atoms with Crippen LogP contribution in [-0.2, 0) is 0 Å². The van der Waals surface area contributed by atoms with Crippen molar-refractivity contribution in [3.63, 3.8) is 0 Å². The van der Waals surface area contributed by atoms with Crippen molar-refractivity contribution in [2.75, 3.05) is 12.0 Å². The molecule has 5 nitrogen and oxygen atoms in total. The number of pyridine rings is 1. The summed E-state index contributed by atoms with van der Waals surface area (Å²) in [4.78, 5) is 16.6. The molecule has 1 fully saturated rings. The SMILES string of the molecule is CC1(C)CC1CNC(=O)c1cnc(NN)c2ccccc12. The van der Waals surface area contributed by atoms with Gasteiger partial charge in [0.1, 0.15) is 5.82 Å². The van der Waals surface area contributed by atoms with Gasteiger partial charge in [-0.25, -0.2) is 10.8 Å². The zero-order valence-corrected chi connectivity index (χ0v) is 12.3. The summed E-state index contributed by atoms with van der Waals surface area (Å²) in [6, 6.07) is 7.62. The molecule has 1 aliphatic carbocycles. The van der Waals surface area contributed by atoms with E-state index in [0.29, 0.717) is 22.7 Å². The van der Waals surface area contributed by atoms with Crippen molar-refractivity contribution < 1.29 is 4.79 Å². The van der Waals surface area contributed by atoms with Crippen molar-refractivity contribution in [3.05, 3.63) is 36.0 Å². The molecule has 1 heterocycles. The predicted molar refractivity (Wildman–Crippen MR) is 83.8 cm³/mol. The quantitative estimate of drug-likeness (QED) is 0.594. The Hall–Kier alpha value is -2.14. The Morgan fingerprint density at radius 3 is 2.67 bits per heavy atom. The molecule has 1 aromatic carbocycles. The van der Waals surface area contributed by atoms with Gasteiger partial charge in [-0.2, -0.15) is 0 Å². The predicted octanol–water partition coefficient (Wildman–Crippen LogP) is 2.30. The molecule has 110 valence electrons. The number of rotatable bonds is 4. The van der Waals surface area contributed by atoms with Crippen molar-refractivity contribution in [3.8, 4) is 0 Å². The van der Waals surface area contributed by atoms with Crippen LogP contribution in [0.1, 0.15) is 30.6 Å². The van der Waals surface area contributed by atoms with E-state index in [1.807, 2.05) is 24.3 Å². The highest BCUT2D eigenvalue weighted by atomic mass is 16.1. The van der Waals surface area contributed by atoms with Crippen LogP contribution in [0.5, 0.6) is 0 Å². The Kier molecular flexibility index (Phi) is 3.29. The van der Waals surface area contributed by atoms with Crippen LogP contribution in [0.3, 0.4) is 0 Å². The van der Waals surface area contributed by atoms with E-state index in [9.17, 15) is 4.79 Å². The second kappa shape index (κ2) is 5.00. The van der Waals surface area contributed by atoms with Crippen LogP contribution in [0.2, 0.25) is 0 Å². The molecule has 0 saturated heterocycles. The van der Waals surface area contributed by atoms with Gasteiger partial charge in [0.25, 0.3) is 5.91 Å². The number of amides is 1. The molecule has 0 radical (unpaired) electrons. The minimum absolute atomic E-state index is 0.0787. The van der Waals surface area contributed by atoms with Gasteiger partial charge in [-0.05, 0) is 23.1 Å². The first-order chi connectivity index (χ1) is 10.0. The van der Waals surface area contributed by atoms with Gasteiger partial charge in [0, 0.05) is 18.1 Å². The zero-order valence-electron chi connectivity index (χ0n) is 12.3. The summed E-state index contributed by atoms with van der Waals surface area (Å²) >= 11 is 0. The van der Waals surface area contributed by atoms with E-state index < -0.39 is 0 Å². The molecule has 1 unspecified atom stereocenters. The molecule has 0 aliphatic heterocycles. The first-order valence-corrected chi connectivity index (χ1v) is 7.15. The third-order valence-corrected chi connectivity index (χ3v) is 4.40. The largest absolute Gasteiger partial charge is 0.352 e. The van der Waals surface area contributed by atoms with Crippen LogP contribution >= 0.6 is 0 Å². The standard InChI is InChI=1S/C16H20N4O/c1-16(2)7-10(16)8-19-15(21)13-9-18-14(20-17)12-6-4-3-5-11(12)13/h3-6,9-10H,7-8,17H2,1-2H3,(H,18,20)(H,19,21). The maximum absolute atomic E-state index is 12.4. The number of nitrogens with two attached hydrogens (primary N) is 1. The number of benzene rings is 1. The summed E-state index contributed by atoms with van der Waals surface area (Å²) in [5.41, 5.74) is 3.51. The number of hydrazine groups is 1. The van der Waals surface area contributed by atoms with E-state index in [-0.39, 0.29) is 5.91 Å². The van der Waals surface area contributed by atoms with Crippen LogP contribution in [0, 0.1) is 11.3 Å². The minimum Gasteiger partial charge on any atom is -0.352 e. The second-order valence-electron chi connectivity index (χ2n) is 6.31. The average Bonchev–Trinajstić information content (AvgIpc) is 3.11. The Morgan fingerprint density at radius 1 is 1.38 bits per heavy atom. The molecule has 4 N–H and O–H groups in total. The number of hydrogen-bond acceptors (Lipinski definition) is 4. The van der Waals surface area contributed by atoms with Crippen LogP contribution in [0.4, 0.5) is 5.82 Å². The number of anilines is 1. The van der Waals surface area contributed by atoms with Crippen molar-refractivity contribution in [2.24, 2.45) is 17.2 Å². The van der Waals surface area contributed by atoms with Crippen LogP contribution in [-0.4, -0.2) is 17.4 Å². The number of carbonyl (C=O) groups excluding carboxylic acids is 1. The Bertz CT molecular complexity index is 696. The van der Waals surface area contributed by atoms with E-state index >= 15 is 0 Å². The fourth-order valence-corrected chi connectivity index (χ4v) is 2.72. The smallest absolute Gasteiger partial charge is 0.253 e. The molecule has 0 spiro atoms. The third kappa shape index (κ3) is 2.56. The van der Waals surface area contributed by atoms with Gasteiger partial charge in [-0.3, -0.25) is 4.79 Å². The second-order valence-corrected chi connectivity index (χ2v) is 6.31. The van der Waals surface area contributed by atoms with Gasteiger partial charge in [-0.15, -0.1) is 0 Å². The fourth-order valence-electron chi connectivity index (χ4n) is 2.72. The summed E-state index contributed by atoms with van der Waals surface area (Å²) in [6.07, 6.45) is 2.74. The van der Waals surface area contributed by atoms with E-state index in [4.69, 9.17) is 5.84 Å². The number of nitrogens with one attached hydrogen (secondary N) is 2. The van der Waals surface area contributed by atoms with Crippen molar-refractivity contribution in [1.29, 1.82) is 0 Å². The van der Waals surface area contributed by atoms with Gasteiger partial charge in [0.2, 0.25) is 0 Å². The molecular formula is C16H20N4O. The summed E-state index contributed by atoms with van der Waals surface area (Å²) in [5, 5.41) is 4.72. The summed E-state index contributed by atoms with van der Waals surface area (Å²) in [7, 11) is 0. The lowest BCUT2D eigenvalue weighted by Crippen LogP contribution is -2.27. The number of fused-ring (bicyclic) bond motifs is 1. The Labute approximate surface area is 123 Å². The monoisotopic (exact) mass is 284 g/mol. The fraction of sp³-hybridized carbons (Fsp3) is 0.375. The van der Waals surface area contributed by atoms with Crippen LogP contribution in [0.15, 0.2) is 30.5 Å². The molecule has 1 aromatic heterocycles. The van der Waals surface area contributed by atoms with Gasteiger partial charge in [-0.1, -0.05) is 38.1 Å². The zero-order chi connectivity index (χ0) is 15.0. The van der Waals surface area contributed by atoms with Gasteiger partial charge < -0.3 is 10.7 Å². The van der Waals surface area contributed by atoms with E-state index in [0.717, 1.165) is 17.3 Å². The number of aromatic nitrogens is 1. The normalized spacial score (nSPS) is 19.3. The molecule has 5 heteroatoms. The van der Waals surface area contributed by atoms with E-state index in [2.05, 4.69) is 29.6 Å². The number of nitrogen functional groups attached to an aromatic ring is 1. The molecule has 21 heavy (non-hydrogen) atoms. The molecule has 2 aromatic rings. The minimum atomic E-state index is -0.0787. The highest BCUT2D eigenvalue weighted by molar-refractivity contribution is 6.09. The summed E-state index contributed by atoms with van der Waals surface area (Å²) in [6.45, 7) is 5.17. The number of carbonyl (C=O) groups is 1. The molecule has 0 bridgehead atoms. The molecule has 1 amide bonds. The maximum Gasteiger partial charge on any atom is 0.253 e. The number of hydrogen-bond donors (Lipinski definition) is 3. The molecule has 1 saturated carbocycles. The topological polar surface area (TPSA) is 80.0 Å². The summed E-state index contributed by atoms with van der Waals surface area (Å²) in [5.74, 6) is 6.54. The Morgan fingerprint density at radius 2 is 2.05 bits per heavy atom. The summed E-state index contributed by atoms with van der Waals surface area (Å²) < 4.78 is 0. The molecule has 3 rings (SSSR count). The molecule has 1 aliphatic rings. The lowest BCUT2D eigenvalue weighted by atomic mass is 10.1. The lowest BCUT2D eigenvalue weighted by Gasteiger charge is -2.11. The first kappa shape index (κ1) is 13.8. The van der Waals surface area contributed by atoms with Crippen molar-refractivity contribution in [1.82, 2.24) is 10.3 Å². The van der Waals surface area contributed by atoms with Crippen LogP contribution in [0.25, 0.3) is 10.8 Å². The highest BCUT2D eigenvalue weighted by Gasteiger charge is 2.45. The lowest BCUT2D eigenvalue weighted by molar-refractivity contribution is 0.0952. The first-order valence-electron chi connectivity index (χ1n) is 7.15.